The number of aliphatic hydroxyl groups is 1. The van der Waals surface area contributed by atoms with Gasteiger partial charge in [-0.3, -0.25) is 9.59 Å². The molecule has 3 rings (SSSR count). The molecular weight excluding hydrogens is 308 g/mol. The zero-order valence-electron chi connectivity index (χ0n) is 14.2. The van der Waals surface area contributed by atoms with Gasteiger partial charge in [-0.1, -0.05) is 0 Å². The highest BCUT2D eigenvalue weighted by molar-refractivity contribution is 5.92. The van der Waals surface area contributed by atoms with Crippen molar-refractivity contribution in [3.8, 4) is 0 Å². The van der Waals surface area contributed by atoms with Gasteiger partial charge in [0, 0.05) is 32.8 Å². The Balaban J connectivity index is 1.69. The van der Waals surface area contributed by atoms with Crippen LogP contribution in [0.1, 0.15) is 43.6 Å². The molecule has 1 N–H and O–H groups in total. The maximum Gasteiger partial charge on any atom is 0.272 e. The van der Waals surface area contributed by atoms with Crippen LogP contribution >= 0.6 is 0 Å². The summed E-state index contributed by atoms with van der Waals surface area (Å²) >= 11 is 0. The molecule has 0 radical (unpaired) electrons. The van der Waals surface area contributed by atoms with Gasteiger partial charge in [-0.05, 0) is 37.7 Å². The van der Waals surface area contributed by atoms with Crippen LogP contribution in [0.4, 0.5) is 0 Å². The highest BCUT2D eigenvalue weighted by Crippen LogP contribution is 2.48. The van der Waals surface area contributed by atoms with E-state index < -0.39 is 5.54 Å². The second-order valence-electron chi connectivity index (χ2n) is 7.32. The van der Waals surface area contributed by atoms with Gasteiger partial charge in [0.25, 0.3) is 5.91 Å². The lowest BCUT2D eigenvalue weighted by Gasteiger charge is -2.39. The molecule has 2 aliphatic heterocycles. The average Bonchev–Trinajstić information content (AvgIpc) is 2.89. The van der Waals surface area contributed by atoms with Gasteiger partial charge in [0.2, 0.25) is 5.91 Å². The summed E-state index contributed by atoms with van der Waals surface area (Å²) in [4.78, 5) is 35.9. The molecule has 7 heteroatoms. The molecule has 0 bridgehead atoms. The summed E-state index contributed by atoms with van der Waals surface area (Å²) in [6.07, 6.45) is 5.41. The Morgan fingerprint density at radius 1 is 1.33 bits per heavy atom. The minimum absolute atomic E-state index is 0.00270. The standard InChI is InChI=1S/C17H24N4O3/c1-13(23)21-10-17(9-16(21,2)11-22)4-7-20(8-5-17)15(24)14-3-6-18-12-19-14/h3,6,12,22H,4-5,7-11H2,1-2H3. The number of carbonyl (C=O) groups excluding carboxylic acids is 2. The molecule has 3 heterocycles. The molecule has 24 heavy (non-hydrogen) atoms. The number of rotatable bonds is 2. The van der Waals surface area contributed by atoms with Gasteiger partial charge >= 0.3 is 0 Å². The van der Waals surface area contributed by atoms with Crippen LogP contribution in [-0.2, 0) is 4.79 Å². The van der Waals surface area contributed by atoms with E-state index in [1.54, 1.807) is 24.1 Å². The Labute approximate surface area is 141 Å². The molecule has 0 aliphatic carbocycles. The first kappa shape index (κ1) is 16.8. The number of hydrogen-bond acceptors (Lipinski definition) is 5. The number of aromatic nitrogens is 2. The van der Waals surface area contributed by atoms with Crippen molar-refractivity contribution >= 4 is 11.8 Å². The summed E-state index contributed by atoms with van der Waals surface area (Å²) in [5.41, 5.74) is -0.0890. The molecule has 7 nitrogen and oxygen atoms in total. The lowest BCUT2D eigenvalue weighted by Crippen LogP contribution is -2.46. The highest BCUT2D eigenvalue weighted by atomic mass is 16.3. The van der Waals surface area contributed by atoms with Crippen LogP contribution in [0.3, 0.4) is 0 Å². The first-order valence-corrected chi connectivity index (χ1v) is 8.34. The molecule has 2 saturated heterocycles. The minimum atomic E-state index is -0.495. The third kappa shape index (κ3) is 2.88. The van der Waals surface area contributed by atoms with Crippen molar-refractivity contribution in [3.05, 3.63) is 24.3 Å². The van der Waals surface area contributed by atoms with E-state index in [1.165, 1.54) is 6.33 Å². The molecule has 2 fully saturated rings. The summed E-state index contributed by atoms with van der Waals surface area (Å²) in [7, 11) is 0. The van der Waals surface area contributed by atoms with Gasteiger partial charge in [0.15, 0.2) is 0 Å². The molecule has 130 valence electrons. The number of nitrogens with zero attached hydrogens (tertiary/aromatic N) is 4. The van der Waals surface area contributed by atoms with Gasteiger partial charge in [-0.2, -0.15) is 0 Å². The number of hydrogen-bond donors (Lipinski definition) is 1. The first-order valence-electron chi connectivity index (χ1n) is 8.34. The van der Waals surface area contributed by atoms with Gasteiger partial charge in [-0.15, -0.1) is 0 Å². The number of aliphatic hydroxyl groups excluding tert-OH is 1. The van der Waals surface area contributed by atoms with E-state index in [9.17, 15) is 14.7 Å². The van der Waals surface area contributed by atoms with Crippen molar-refractivity contribution in [1.82, 2.24) is 19.8 Å². The van der Waals surface area contributed by atoms with E-state index in [0.29, 0.717) is 25.3 Å². The van der Waals surface area contributed by atoms with Crippen molar-refractivity contribution in [1.29, 1.82) is 0 Å². The van der Waals surface area contributed by atoms with Gasteiger partial charge in [0.05, 0.1) is 12.1 Å². The fourth-order valence-electron chi connectivity index (χ4n) is 4.22. The number of amides is 2. The molecular formula is C17H24N4O3. The second kappa shape index (κ2) is 6.12. The Kier molecular flexibility index (Phi) is 4.29. The number of piperidine rings is 1. The number of carbonyl (C=O) groups is 2. The highest BCUT2D eigenvalue weighted by Gasteiger charge is 2.52. The van der Waals surface area contributed by atoms with Crippen molar-refractivity contribution in [2.45, 2.75) is 38.6 Å². The molecule has 1 aromatic heterocycles. The van der Waals surface area contributed by atoms with Crippen molar-refractivity contribution in [2.75, 3.05) is 26.2 Å². The van der Waals surface area contributed by atoms with E-state index in [2.05, 4.69) is 9.97 Å². The van der Waals surface area contributed by atoms with Crippen molar-refractivity contribution < 1.29 is 14.7 Å². The normalized spacial score (nSPS) is 26.0. The van der Waals surface area contributed by atoms with Crippen LogP contribution in [0, 0.1) is 5.41 Å². The first-order chi connectivity index (χ1) is 11.4. The molecule has 0 aromatic carbocycles. The van der Waals surface area contributed by atoms with Gasteiger partial charge in [-0.25, -0.2) is 9.97 Å². The third-order valence-corrected chi connectivity index (χ3v) is 5.53. The maximum atomic E-state index is 12.5. The third-order valence-electron chi connectivity index (χ3n) is 5.53. The smallest absolute Gasteiger partial charge is 0.272 e. The zero-order chi connectivity index (χ0) is 17.4. The molecule has 1 atom stereocenters. The van der Waals surface area contributed by atoms with Crippen molar-refractivity contribution in [3.63, 3.8) is 0 Å². The summed E-state index contributed by atoms with van der Waals surface area (Å²) in [6, 6.07) is 1.63. The van der Waals surface area contributed by atoms with Crippen molar-refractivity contribution in [2.24, 2.45) is 5.41 Å². The molecule has 1 aromatic rings. The van der Waals surface area contributed by atoms with E-state index in [4.69, 9.17) is 0 Å². The lowest BCUT2D eigenvalue weighted by atomic mass is 9.74. The van der Waals surface area contributed by atoms with Crippen LogP contribution in [0.2, 0.25) is 0 Å². The summed E-state index contributed by atoms with van der Waals surface area (Å²) in [6.45, 7) is 5.43. The fourth-order valence-corrected chi connectivity index (χ4v) is 4.22. The van der Waals surface area contributed by atoms with Gasteiger partial charge < -0.3 is 14.9 Å². The maximum absolute atomic E-state index is 12.5. The summed E-state index contributed by atoms with van der Waals surface area (Å²) in [5, 5.41) is 9.77. The fraction of sp³-hybridized carbons (Fsp3) is 0.647. The van der Waals surface area contributed by atoms with E-state index >= 15 is 0 Å². The Bertz CT molecular complexity index is 628. The van der Waals surface area contributed by atoms with Crippen LogP contribution in [0.25, 0.3) is 0 Å². The van der Waals surface area contributed by atoms with Crippen LogP contribution in [0.15, 0.2) is 18.6 Å². The lowest BCUT2D eigenvalue weighted by molar-refractivity contribution is -0.134. The summed E-state index contributed by atoms with van der Waals surface area (Å²) in [5.74, 6) is -0.0680. The average molecular weight is 332 g/mol. The monoisotopic (exact) mass is 332 g/mol. The van der Waals surface area contributed by atoms with Crippen LogP contribution in [0.5, 0.6) is 0 Å². The zero-order valence-corrected chi connectivity index (χ0v) is 14.2. The van der Waals surface area contributed by atoms with E-state index in [-0.39, 0.29) is 23.8 Å². The molecule has 2 amide bonds. The molecule has 2 aliphatic rings. The predicted molar refractivity (Wildman–Crippen MR) is 87.1 cm³/mol. The summed E-state index contributed by atoms with van der Waals surface area (Å²) < 4.78 is 0. The van der Waals surface area contributed by atoms with Crippen LogP contribution in [-0.4, -0.2) is 68.5 Å². The van der Waals surface area contributed by atoms with E-state index in [1.807, 2.05) is 11.8 Å². The minimum Gasteiger partial charge on any atom is -0.394 e. The second-order valence-corrected chi connectivity index (χ2v) is 7.32. The Morgan fingerprint density at radius 2 is 2.04 bits per heavy atom. The largest absolute Gasteiger partial charge is 0.394 e. The SMILES string of the molecule is CC(=O)N1CC2(CCN(C(=O)c3ccncn3)CC2)CC1(C)CO. The van der Waals surface area contributed by atoms with Crippen LogP contribution < -0.4 is 0 Å². The predicted octanol–water partition coefficient (Wildman–Crippen LogP) is 0.702. The number of likely N-dealkylation sites (tertiary alicyclic amines) is 2. The molecule has 1 unspecified atom stereocenters. The van der Waals surface area contributed by atoms with Gasteiger partial charge in [0.1, 0.15) is 12.0 Å². The Hall–Kier alpha value is -2.02. The van der Waals surface area contributed by atoms with E-state index in [0.717, 1.165) is 19.3 Å². The Morgan fingerprint density at radius 3 is 2.54 bits per heavy atom. The quantitative estimate of drug-likeness (QED) is 0.861. The molecule has 1 spiro atoms. The topological polar surface area (TPSA) is 86.6 Å². The molecule has 0 saturated carbocycles.